The first-order valence-corrected chi connectivity index (χ1v) is 8.86. The summed E-state index contributed by atoms with van der Waals surface area (Å²) in [7, 11) is 0. The lowest BCUT2D eigenvalue weighted by Crippen LogP contribution is -2.10. The van der Waals surface area contributed by atoms with Crippen LogP contribution in [0, 0.1) is 0 Å². The maximum absolute atomic E-state index is 10.8. The minimum absolute atomic E-state index is 0.191. The zero-order chi connectivity index (χ0) is 17.5. The number of H-pyrrole nitrogens is 1. The normalized spacial score (nSPS) is 12.4. The summed E-state index contributed by atoms with van der Waals surface area (Å²) < 4.78 is 10.6. The molecule has 1 aromatic heterocycles. The largest absolute Gasteiger partial charge is 0.463 e. The van der Waals surface area contributed by atoms with E-state index in [0.29, 0.717) is 12.5 Å². The lowest BCUT2D eigenvalue weighted by atomic mass is 10.2. The van der Waals surface area contributed by atoms with Crippen molar-refractivity contribution >= 4 is 17.7 Å². The van der Waals surface area contributed by atoms with Crippen LogP contribution in [0.25, 0.3) is 0 Å². The van der Waals surface area contributed by atoms with E-state index < -0.39 is 0 Å². The van der Waals surface area contributed by atoms with E-state index in [1.807, 2.05) is 25.1 Å². The van der Waals surface area contributed by atoms with Gasteiger partial charge in [-0.2, -0.15) is 0 Å². The summed E-state index contributed by atoms with van der Waals surface area (Å²) in [4.78, 5) is 20.0. The lowest BCUT2D eigenvalue weighted by molar-refractivity contribution is -0.143. The molecule has 0 fully saturated rings. The van der Waals surface area contributed by atoms with Crippen molar-refractivity contribution in [2.45, 2.75) is 49.6 Å². The van der Waals surface area contributed by atoms with Crippen LogP contribution in [0.15, 0.2) is 40.3 Å². The predicted molar refractivity (Wildman–Crippen MR) is 94.2 cm³/mol. The van der Waals surface area contributed by atoms with Crippen LogP contribution in [0.5, 0.6) is 0 Å². The zero-order valence-electron chi connectivity index (χ0n) is 14.5. The van der Waals surface area contributed by atoms with Gasteiger partial charge in [0.2, 0.25) is 0 Å². The SMILES string of the molecule is CC(=O)OCCOC(C)c1nc(Sc2ccccc2)c(C(C)C)[nH]1. The molecule has 0 aliphatic carbocycles. The van der Waals surface area contributed by atoms with Gasteiger partial charge in [0.25, 0.3) is 0 Å². The number of nitrogens with one attached hydrogen (secondary N) is 1. The number of carbonyl (C=O) groups excluding carboxylic acids is 1. The summed E-state index contributed by atoms with van der Waals surface area (Å²) >= 11 is 1.65. The Hall–Kier alpha value is -1.79. The Labute approximate surface area is 147 Å². The van der Waals surface area contributed by atoms with Gasteiger partial charge in [-0.1, -0.05) is 43.8 Å². The Balaban J connectivity index is 2.05. The van der Waals surface area contributed by atoms with Crippen molar-refractivity contribution in [1.82, 2.24) is 9.97 Å². The minimum atomic E-state index is -0.298. The molecule has 0 spiro atoms. The first kappa shape index (κ1) is 18.5. The Morgan fingerprint density at radius 1 is 1.21 bits per heavy atom. The second-order valence-corrected chi connectivity index (χ2v) is 6.83. The quantitative estimate of drug-likeness (QED) is 0.568. The Morgan fingerprint density at radius 3 is 2.54 bits per heavy atom. The number of hydrogen-bond acceptors (Lipinski definition) is 5. The minimum Gasteiger partial charge on any atom is -0.463 e. The fraction of sp³-hybridized carbons (Fsp3) is 0.444. The molecule has 0 radical (unpaired) electrons. The first-order chi connectivity index (χ1) is 11.5. The Morgan fingerprint density at radius 2 is 1.92 bits per heavy atom. The van der Waals surface area contributed by atoms with E-state index in [1.54, 1.807) is 11.8 Å². The zero-order valence-corrected chi connectivity index (χ0v) is 15.4. The topological polar surface area (TPSA) is 64.2 Å². The fourth-order valence-corrected chi connectivity index (χ4v) is 3.20. The van der Waals surface area contributed by atoms with Crippen molar-refractivity contribution in [2.24, 2.45) is 0 Å². The van der Waals surface area contributed by atoms with Gasteiger partial charge in [0.15, 0.2) is 0 Å². The maximum atomic E-state index is 10.8. The number of imidazole rings is 1. The molecular formula is C18H24N2O3S. The average molecular weight is 348 g/mol. The highest BCUT2D eigenvalue weighted by Crippen LogP contribution is 2.33. The highest BCUT2D eigenvalue weighted by atomic mass is 32.2. The van der Waals surface area contributed by atoms with E-state index in [0.717, 1.165) is 21.4 Å². The third kappa shape index (κ3) is 5.39. The molecule has 1 unspecified atom stereocenters. The molecule has 24 heavy (non-hydrogen) atoms. The number of aromatic nitrogens is 2. The number of nitrogens with zero attached hydrogens (tertiary/aromatic N) is 1. The summed E-state index contributed by atoms with van der Waals surface area (Å²) in [5.41, 5.74) is 1.11. The summed E-state index contributed by atoms with van der Waals surface area (Å²) in [5.74, 6) is 0.832. The van der Waals surface area contributed by atoms with Crippen LogP contribution in [-0.4, -0.2) is 29.2 Å². The smallest absolute Gasteiger partial charge is 0.302 e. The summed E-state index contributed by atoms with van der Waals surface area (Å²) in [6.07, 6.45) is -0.191. The van der Waals surface area contributed by atoms with Crippen molar-refractivity contribution in [1.29, 1.82) is 0 Å². The van der Waals surface area contributed by atoms with Crippen molar-refractivity contribution < 1.29 is 14.3 Å². The van der Waals surface area contributed by atoms with Gasteiger partial charge >= 0.3 is 5.97 Å². The van der Waals surface area contributed by atoms with Crippen molar-refractivity contribution in [3.05, 3.63) is 41.9 Å². The van der Waals surface area contributed by atoms with Gasteiger partial charge in [-0.25, -0.2) is 4.98 Å². The van der Waals surface area contributed by atoms with E-state index >= 15 is 0 Å². The molecule has 1 aromatic carbocycles. The third-order valence-corrected chi connectivity index (χ3v) is 4.40. The molecule has 0 saturated carbocycles. The first-order valence-electron chi connectivity index (χ1n) is 8.05. The predicted octanol–water partition coefficient (Wildman–Crippen LogP) is 4.33. The molecule has 0 bridgehead atoms. The molecule has 1 atom stereocenters. The standard InChI is InChI=1S/C18H24N2O3S/c1-12(2)16-18(24-15-8-6-5-7-9-15)20-17(19-16)13(3)22-10-11-23-14(4)21/h5-9,12-13H,10-11H2,1-4H3,(H,19,20). The molecule has 5 nitrogen and oxygen atoms in total. The molecule has 2 rings (SSSR count). The summed E-state index contributed by atoms with van der Waals surface area (Å²) in [5, 5.41) is 0.974. The van der Waals surface area contributed by atoms with Crippen LogP contribution >= 0.6 is 11.8 Å². The number of aromatic amines is 1. The fourth-order valence-electron chi connectivity index (χ4n) is 2.14. The molecule has 6 heteroatoms. The average Bonchev–Trinajstić information content (AvgIpc) is 2.96. The summed E-state index contributed by atoms with van der Waals surface area (Å²) in [6.45, 7) is 8.20. The Bertz CT molecular complexity index is 656. The number of esters is 1. The molecule has 130 valence electrons. The summed E-state index contributed by atoms with van der Waals surface area (Å²) in [6, 6.07) is 10.2. The number of rotatable bonds is 8. The molecule has 0 saturated heterocycles. The highest BCUT2D eigenvalue weighted by molar-refractivity contribution is 7.99. The second kappa shape index (κ2) is 8.89. The number of ether oxygens (including phenoxy) is 2. The lowest BCUT2D eigenvalue weighted by Gasteiger charge is -2.10. The van der Waals surface area contributed by atoms with Crippen molar-refractivity contribution in [3.63, 3.8) is 0 Å². The van der Waals surface area contributed by atoms with Gasteiger partial charge in [-0.15, -0.1) is 0 Å². The number of carbonyl (C=O) groups is 1. The molecule has 1 N–H and O–H groups in total. The van der Waals surface area contributed by atoms with E-state index in [-0.39, 0.29) is 18.7 Å². The van der Waals surface area contributed by atoms with E-state index in [9.17, 15) is 4.79 Å². The number of benzene rings is 1. The van der Waals surface area contributed by atoms with Crippen LogP contribution in [0.3, 0.4) is 0 Å². The second-order valence-electron chi connectivity index (χ2n) is 5.76. The van der Waals surface area contributed by atoms with Crippen LogP contribution in [-0.2, 0) is 14.3 Å². The van der Waals surface area contributed by atoms with E-state index in [1.165, 1.54) is 6.92 Å². The van der Waals surface area contributed by atoms with Crippen LogP contribution in [0.2, 0.25) is 0 Å². The van der Waals surface area contributed by atoms with Crippen LogP contribution in [0.1, 0.15) is 51.2 Å². The van der Waals surface area contributed by atoms with Gasteiger partial charge in [0, 0.05) is 11.8 Å². The number of hydrogen-bond donors (Lipinski definition) is 1. The molecule has 1 heterocycles. The van der Waals surface area contributed by atoms with E-state index in [4.69, 9.17) is 14.5 Å². The molecule has 2 aromatic rings. The Kier molecular flexibility index (Phi) is 6.87. The monoisotopic (exact) mass is 348 g/mol. The van der Waals surface area contributed by atoms with Crippen LogP contribution in [0.4, 0.5) is 0 Å². The van der Waals surface area contributed by atoms with E-state index in [2.05, 4.69) is 31.0 Å². The van der Waals surface area contributed by atoms with Gasteiger partial charge < -0.3 is 14.5 Å². The highest BCUT2D eigenvalue weighted by Gasteiger charge is 2.18. The van der Waals surface area contributed by atoms with Gasteiger partial charge in [-0.3, -0.25) is 4.79 Å². The van der Waals surface area contributed by atoms with Crippen molar-refractivity contribution in [3.8, 4) is 0 Å². The third-order valence-electron chi connectivity index (χ3n) is 3.39. The molecule has 0 aliphatic rings. The molecule has 0 aliphatic heterocycles. The maximum Gasteiger partial charge on any atom is 0.302 e. The molecular weight excluding hydrogens is 324 g/mol. The van der Waals surface area contributed by atoms with Crippen LogP contribution < -0.4 is 0 Å². The van der Waals surface area contributed by atoms with Gasteiger partial charge in [0.1, 0.15) is 23.6 Å². The molecule has 0 amide bonds. The van der Waals surface area contributed by atoms with Gasteiger partial charge in [-0.05, 0) is 25.0 Å². The van der Waals surface area contributed by atoms with Crippen molar-refractivity contribution in [2.75, 3.05) is 13.2 Å². The van der Waals surface area contributed by atoms with Gasteiger partial charge in [0.05, 0.1) is 12.3 Å².